The van der Waals surface area contributed by atoms with Crippen LogP contribution in [0.15, 0.2) is 83.5 Å². The maximum Gasteiger partial charge on any atom is 0.0136 e. The van der Waals surface area contributed by atoms with E-state index in [4.69, 9.17) is 0 Å². The van der Waals surface area contributed by atoms with Crippen LogP contribution in [0.5, 0.6) is 0 Å². The van der Waals surface area contributed by atoms with Crippen LogP contribution in [0.2, 0.25) is 0 Å². The Morgan fingerprint density at radius 3 is 2.36 bits per heavy atom. The van der Waals surface area contributed by atoms with Crippen molar-refractivity contribution >= 4 is 6.08 Å². The van der Waals surface area contributed by atoms with Crippen LogP contribution in [0.1, 0.15) is 42.4 Å². The number of rotatable bonds is 2. The molecule has 0 amide bonds. The second-order valence-electron chi connectivity index (χ2n) is 6.29. The quantitative estimate of drug-likeness (QED) is 0.645. The van der Waals surface area contributed by atoms with Gasteiger partial charge in [0.2, 0.25) is 0 Å². The Morgan fingerprint density at radius 2 is 1.59 bits per heavy atom. The monoisotopic (exact) mass is 284 g/mol. The molecule has 0 bridgehead atoms. The zero-order valence-corrected chi connectivity index (χ0v) is 12.9. The Kier molecular flexibility index (Phi) is 3.31. The van der Waals surface area contributed by atoms with Gasteiger partial charge in [0.25, 0.3) is 0 Å². The first-order valence-electron chi connectivity index (χ1n) is 8.03. The van der Waals surface area contributed by atoms with Crippen LogP contribution in [0, 0.1) is 0 Å². The second kappa shape index (κ2) is 5.46. The Balaban J connectivity index is 1.79. The van der Waals surface area contributed by atoms with Gasteiger partial charge in [-0.15, -0.1) is 0 Å². The molecule has 22 heavy (non-hydrogen) atoms. The summed E-state index contributed by atoms with van der Waals surface area (Å²) in [5.41, 5.74) is 8.65. The lowest BCUT2D eigenvalue weighted by Gasteiger charge is -2.27. The lowest BCUT2D eigenvalue weighted by Crippen LogP contribution is -2.09. The van der Waals surface area contributed by atoms with Crippen LogP contribution >= 0.6 is 0 Å². The van der Waals surface area contributed by atoms with E-state index < -0.39 is 0 Å². The van der Waals surface area contributed by atoms with Gasteiger partial charge in [-0.25, -0.2) is 0 Å². The minimum atomic E-state index is 0.471. The first kappa shape index (κ1) is 13.3. The molecular weight excluding hydrogens is 264 g/mol. The Labute approximate surface area is 132 Å². The van der Waals surface area contributed by atoms with Gasteiger partial charge in [-0.05, 0) is 47.6 Å². The zero-order valence-electron chi connectivity index (χ0n) is 12.9. The predicted molar refractivity (Wildman–Crippen MR) is 93.8 cm³/mol. The molecule has 0 spiro atoms. The molecule has 1 unspecified atom stereocenters. The highest BCUT2D eigenvalue weighted by atomic mass is 14.3. The lowest BCUT2D eigenvalue weighted by atomic mass is 9.77. The van der Waals surface area contributed by atoms with Crippen LogP contribution in [0.4, 0.5) is 0 Å². The third-order valence-corrected chi connectivity index (χ3v) is 4.79. The summed E-state index contributed by atoms with van der Waals surface area (Å²) in [6.07, 6.45) is 9.26. The summed E-state index contributed by atoms with van der Waals surface area (Å²) in [5.74, 6) is 0.471. The SMILES string of the molecule is CC1=CCC(C2=Cc3ccccc3C(c3ccccc3)C2)=C1. The third kappa shape index (κ3) is 2.35. The second-order valence-corrected chi connectivity index (χ2v) is 6.29. The molecule has 2 aliphatic rings. The predicted octanol–water partition coefficient (Wildman–Crippen LogP) is 5.88. The Bertz CT molecular complexity index is 788. The van der Waals surface area contributed by atoms with Crippen molar-refractivity contribution < 1.29 is 0 Å². The molecule has 4 rings (SSSR count). The zero-order chi connectivity index (χ0) is 14.9. The summed E-state index contributed by atoms with van der Waals surface area (Å²) in [6.45, 7) is 2.19. The van der Waals surface area contributed by atoms with Gasteiger partial charge >= 0.3 is 0 Å². The van der Waals surface area contributed by atoms with Crippen molar-refractivity contribution in [1.29, 1.82) is 0 Å². The Morgan fingerprint density at radius 1 is 0.818 bits per heavy atom. The normalized spacial score (nSPS) is 20.0. The first-order valence-corrected chi connectivity index (χ1v) is 8.03. The fraction of sp³-hybridized carbons (Fsp3) is 0.182. The van der Waals surface area contributed by atoms with Crippen LogP contribution in [-0.4, -0.2) is 0 Å². The van der Waals surface area contributed by atoms with Gasteiger partial charge in [-0.3, -0.25) is 0 Å². The fourth-order valence-electron chi connectivity index (χ4n) is 3.63. The van der Waals surface area contributed by atoms with Crippen LogP contribution in [0.25, 0.3) is 6.08 Å². The molecule has 1 atom stereocenters. The van der Waals surface area contributed by atoms with Crippen molar-refractivity contribution in [2.45, 2.75) is 25.7 Å². The topological polar surface area (TPSA) is 0 Å². The summed E-state index contributed by atoms with van der Waals surface area (Å²) in [6, 6.07) is 19.8. The van der Waals surface area contributed by atoms with E-state index >= 15 is 0 Å². The molecular formula is C22H20. The standard InChI is InChI=1S/C22H20/c1-16-11-12-18(13-16)20-14-19-9-5-6-10-21(19)22(15-20)17-7-3-2-4-8-17/h2-11,13-14,22H,12,15H2,1H3. The molecule has 0 heteroatoms. The number of benzene rings is 2. The molecule has 108 valence electrons. The molecule has 2 aromatic carbocycles. The van der Waals surface area contributed by atoms with E-state index in [1.807, 2.05) is 0 Å². The number of allylic oxidation sites excluding steroid dienone is 5. The Hall–Kier alpha value is -2.34. The molecule has 0 radical (unpaired) electrons. The highest BCUT2D eigenvalue weighted by Gasteiger charge is 2.24. The van der Waals surface area contributed by atoms with Crippen LogP contribution in [0.3, 0.4) is 0 Å². The molecule has 0 heterocycles. The fourth-order valence-corrected chi connectivity index (χ4v) is 3.63. The number of hydrogen-bond acceptors (Lipinski definition) is 0. The molecule has 0 aromatic heterocycles. The summed E-state index contributed by atoms with van der Waals surface area (Å²) >= 11 is 0. The summed E-state index contributed by atoms with van der Waals surface area (Å²) < 4.78 is 0. The minimum Gasteiger partial charge on any atom is -0.0772 e. The molecule has 0 aliphatic heterocycles. The number of hydrogen-bond donors (Lipinski definition) is 0. The van der Waals surface area contributed by atoms with Gasteiger partial charge in [-0.1, -0.05) is 78.4 Å². The third-order valence-electron chi connectivity index (χ3n) is 4.79. The average Bonchev–Trinajstić information content (AvgIpc) is 3.01. The molecule has 0 nitrogen and oxygen atoms in total. The summed E-state index contributed by atoms with van der Waals surface area (Å²) in [4.78, 5) is 0. The van der Waals surface area contributed by atoms with Crippen molar-refractivity contribution in [3.8, 4) is 0 Å². The van der Waals surface area contributed by atoms with E-state index in [1.165, 1.54) is 33.4 Å². The van der Waals surface area contributed by atoms with Crippen molar-refractivity contribution in [3.63, 3.8) is 0 Å². The first-order chi connectivity index (χ1) is 10.8. The van der Waals surface area contributed by atoms with Crippen LogP contribution in [-0.2, 0) is 0 Å². The highest BCUT2D eigenvalue weighted by molar-refractivity contribution is 5.68. The number of fused-ring (bicyclic) bond motifs is 1. The van der Waals surface area contributed by atoms with E-state index in [2.05, 4.69) is 79.7 Å². The maximum atomic E-state index is 2.40. The maximum absolute atomic E-state index is 2.40. The van der Waals surface area contributed by atoms with Gasteiger partial charge < -0.3 is 0 Å². The molecule has 2 aromatic rings. The van der Waals surface area contributed by atoms with Gasteiger partial charge in [0.1, 0.15) is 0 Å². The van der Waals surface area contributed by atoms with Crippen molar-refractivity contribution in [2.24, 2.45) is 0 Å². The van der Waals surface area contributed by atoms with E-state index in [0.29, 0.717) is 5.92 Å². The largest absolute Gasteiger partial charge is 0.0772 e. The average molecular weight is 284 g/mol. The van der Waals surface area contributed by atoms with Crippen molar-refractivity contribution in [2.75, 3.05) is 0 Å². The minimum absolute atomic E-state index is 0.471. The van der Waals surface area contributed by atoms with E-state index in [-0.39, 0.29) is 0 Å². The molecule has 0 N–H and O–H groups in total. The molecule has 2 aliphatic carbocycles. The summed E-state index contributed by atoms with van der Waals surface area (Å²) in [5, 5.41) is 0. The van der Waals surface area contributed by atoms with E-state index in [1.54, 1.807) is 0 Å². The van der Waals surface area contributed by atoms with Gasteiger partial charge in [0.05, 0.1) is 0 Å². The van der Waals surface area contributed by atoms with Gasteiger partial charge in [0, 0.05) is 5.92 Å². The van der Waals surface area contributed by atoms with Crippen LogP contribution < -0.4 is 0 Å². The highest BCUT2D eigenvalue weighted by Crippen LogP contribution is 2.42. The molecule has 0 fully saturated rings. The van der Waals surface area contributed by atoms with E-state index in [9.17, 15) is 0 Å². The molecule has 0 saturated heterocycles. The van der Waals surface area contributed by atoms with Gasteiger partial charge in [-0.2, -0.15) is 0 Å². The van der Waals surface area contributed by atoms with Crippen molar-refractivity contribution in [3.05, 3.63) is 100 Å². The van der Waals surface area contributed by atoms with E-state index in [0.717, 1.165) is 12.8 Å². The van der Waals surface area contributed by atoms with Gasteiger partial charge in [0.15, 0.2) is 0 Å². The lowest BCUT2D eigenvalue weighted by molar-refractivity contribution is 0.787. The summed E-state index contributed by atoms with van der Waals surface area (Å²) in [7, 11) is 0. The smallest absolute Gasteiger partial charge is 0.0136 e. The van der Waals surface area contributed by atoms with Crippen molar-refractivity contribution in [1.82, 2.24) is 0 Å². The molecule has 0 saturated carbocycles.